The number of carbonyl (C=O) groups is 1. The van der Waals surface area contributed by atoms with Crippen molar-refractivity contribution in [3.05, 3.63) is 70.3 Å². The van der Waals surface area contributed by atoms with E-state index in [9.17, 15) is 18.3 Å². The molecule has 2 aromatic carbocycles. The zero-order chi connectivity index (χ0) is 28.3. The van der Waals surface area contributed by atoms with Gasteiger partial charge in [0.05, 0.1) is 23.6 Å². The first-order valence-corrected chi connectivity index (χ1v) is 16.0. The highest BCUT2D eigenvalue weighted by Crippen LogP contribution is 2.41. The largest absolute Gasteiger partial charge is 0.487 e. The number of methoxy groups -OCH3 is 1. The molecule has 0 saturated heterocycles. The molecule has 2 aliphatic heterocycles. The first-order valence-electron chi connectivity index (χ1n) is 14.0. The molecule has 2 N–H and O–H groups in total. The Morgan fingerprint density at radius 2 is 1.93 bits per heavy atom. The highest BCUT2D eigenvalue weighted by molar-refractivity contribution is 7.90. The Bertz CT molecular complexity index is 1360. The van der Waals surface area contributed by atoms with Gasteiger partial charge in [0.25, 0.3) is 5.91 Å². The molecule has 1 aliphatic carbocycles. The molecule has 10 heteroatoms. The molecule has 8 nitrogen and oxygen atoms in total. The van der Waals surface area contributed by atoms with Gasteiger partial charge in [-0.1, -0.05) is 29.8 Å². The van der Waals surface area contributed by atoms with Crippen molar-refractivity contribution < 1.29 is 27.8 Å². The van der Waals surface area contributed by atoms with Crippen molar-refractivity contribution in [2.45, 2.75) is 57.3 Å². The normalized spacial score (nSPS) is 28.0. The smallest absolute Gasteiger partial charge is 0.264 e. The van der Waals surface area contributed by atoms with Gasteiger partial charge < -0.3 is 19.5 Å². The molecule has 3 aliphatic rings. The molecule has 0 spiro atoms. The van der Waals surface area contributed by atoms with Gasteiger partial charge in [-0.25, -0.2) is 13.1 Å². The van der Waals surface area contributed by atoms with Crippen LogP contribution in [0.25, 0.3) is 0 Å². The minimum Gasteiger partial charge on any atom is -0.487 e. The van der Waals surface area contributed by atoms with E-state index in [-0.39, 0.29) is 29.6 Å². The summed E-state index contributed by atoms with van der Waals surface area (Å²) in [6.07, 6.45) is 7.14. The number of anilines is 1. The number of halogens is 1. The summed E-state index contributed by atoms with van der Waals surface area (Å²) in [5.74, 6) is 0.0206. The molecule has 1 unspecified atom stereocenters. The lowest BCUT2D eigenvalue weighted by Crippen LogP contribution is -2.43. The number of sulfonamides is 1. The molecule has 40 heavy (non-hydrogen) atoms. The Kier molecular flexibility index (Phi) is 9.05. The number of fused-ring (bicyclic) bond motifs is 3. The maximum atomic E-state index is 13.1. The highest BCUT2D eigenvalue weighted by Gasteiger charge is 2.37. The third kappa shape index (κ3) is 6.82. The summed E-state index contributed by atoms with van der Waals surface area (Å²) in [6.45, 7) is 1.78. The Balaban J connectivity index is 1.52. The molecular formula is C30H37ClN2O6S. The van der Waals surface area contributed by atoms with Crippen molar-refractivity contribution in [2.75, 3.05) is 30.9 Å². The second-order valence-corrected chi connectivity index (χ2v) is 13.3. The summed E-state index contributed by atoms with van der Waals surface area (Å²) >= 11 is 6.28. The lowest BCUT2D eigenvalue weighted by atomic mass is 9.70. The van der Waals surface area contributed by atoms with Crippen LogP contribution in [0.5, 0.6) is 5.75 Å². The Morgan fingerprint density at radius 1 is 1.07 bits per heavy atom. The molecule has 5 rings (SSSR count). The number of aliphatic hydroxyl groups is 1. The molecule has 1 amide bonds. The summed E-state index contributed by atoms with van der Waals surface area (Å²) < 4.78 is 39.5. The molecule has 0 radical (unpaired) electrons. The Labute approximate surface area is 241 Å². The fraction of sp³-hybridized carbons (Fsp3) is 0.500. The molecule has 2 aromatic rings. The number of carbonyl (C=O) groups excluding carboxylic acids is 1. The lowest BCUT2D eigenvalue weighted by molar-refractivity contribution is 0.0449. The van der Waals surface area contributed by atoms with E-state index in [1.54, 1.807) is 30.4 Å². The van der Waals surface area contributed by atoms with E-state index in [0.717, 1.165) is 55.5 Å². The number of benzene rings is 2. The molecule has 2 heterocycles. The van der Waals surface area contributed by atoms with Crippen molar-refractivity contribution in [3.63, 3.8) is 0 Å². The fourth-order valence-electron chi connectivity index (χ4n) is 5.83. The van der Waals surface area contributed by atoms with Gasteiger partial charge >= 0.3 is 0 Å². The first kappa shape index (κ1) is 28.9. The third-order valence-corrected chi connectivity index (χ3v) is 9.86. The van der Waals surface area contributed by atoms with Gasteiger partial charge in [0.1, 0.15) is 12.4 Å². The summed E-state index contributed by atoms with van der Waals surface area (Å²) in [5.41, 5.74) is 3.23. The first-order chi connectivity index (χ1) is 19.2. The summed E-state index contributed by atoms with van der Waals surface area (Å²) in [4.78, 5) is 15.4. The molecule has 0 aromatic heterocycles. The number of hydrogen-bond donors (Lipinski definition) is 2. The van der Waals surface area contributed by atoms with Crippen LogP contribution in [0.3, 0.4) is 0 Å². The van der Waals surface area contributed by atoms with Crippen LogP contribution in [-0.4, -0.2) is 57.6 Å². The lowest BCUT2D eigenvalue weighted by Gasteiger charge is -2.42. The van der Waals surface area contributed by atoms with Gasteiger partial charge in [0, 0.05) is 30.8 Å². The predicted molar refractivity (Wildman–Crippen MR) is 155 cm³/mol. The number of amides is 1. The van der Waals surface area contributed by atoms with E-state index in [4.69, 9.17) is 21.1 Å². The van der Waals surface area contributed by atoms with E-state index in [1.807, 2.05) is 18.2 Å². The van der Waals surface area contributed by atoms with Gasteiger partial charge in [-0.2, -0.15) is 0 Å². The maximum absolute atomic E-state index is 13.1. The van der Waals surface area contributed by atoms with Crippen LogP contribution in [0.15, 0.2) is 48.6 Å². The maximum Gasteiger partial charge on any atom is 0.264 e. The molecule has 2 bridgehead atoms. The van der Waals surface area contributed by atoms with Gasteiger partial charge in [-0.15, -0.1) is 0 Å². The number of nitrogens with one attached hydrogen (secondary N) is 1. The summed E-state index contributed by atoms with van der Waals surface area (Å²) in [5, 5.41) is 11.7. The summed E-state index contributed by atoms with van der Waals surface area (Å²) in [6, 6.07) is 10.9. The number of rotatable bonds is 1. The zero-order valence-electron chi connectivity index (χ0n) is 22.7. The number of hydrogen-bond acceptors (Lipinski definition) is 7. The van der Waals surface area contributed by atoms with Gasteiger partial charge in [-0.3, -0.25) is 4.79 Å². The van der Waals surface area contributed by atoms with Crippen LogP contribution >= 0.6 is 11.6 Å². The number of aryl methyl sites for hydroxylation is 1. The SMILES string of the molecule is CO[C@@H]1/C=C/C(O)[C@@H]2CC[C@H]2CN2CCCCc3cc(Cl)ccc3COc3ccc(cc32)C(=O)NS(=O)(=O)CC1. The monoisotopic (exact) mass is 588 g/mol. The third-order valence-electron chi connectivity index (χ3n) is 8.35. The molecule has 216 valence electrons. The minimum atomic E-state index is -3.90. The summed E-state index contributed by atoms with van der Waals surface area (Å²) in [7, 11) is -2.40. The van der Waals surface area contributed by atoms with Crippen LogP contribution in [0.4, 0.5) is 5.69 Å². The predicted octanol–water partition coefficient (Wildman–Crippen LogP) is 4.48. The number of aliphatic hydroxyl groups excluding tert-OH is 1. The zero-order valence-corrected chi connectivity index (χ0v) is 24.3. The molecular weight excluding hydrogens is 552 g/mol. The van der Waals surface area contributed by atoms with E-state index in [1.165, 1.54) is 7.11 Å². The van der Waals surface area contributed by atoms with Crippen LogP contribution in [0, 0.1) is 11.8 Å². The van der Waals surface area contributed by atoms with Gasteiger partial charge in [0.15, 0.2) is 0 Å². The van der Waals surface area contributed by atoms with Gasteiger partial charge in [-0.05, 0) is 91.8 Å². The average Bonchev–Trinajstić information content (AvgIpc) is 2.93. The molecule has 1 fully saturated rings. The van der Waals surface area contributed by atoms with Gasteiger partial charge in [0.2, 0.25) is 10.0 Å². The molecule has 4 atom stereocenters. The quantitative estimate of drug-likeness (QED) is 0.473. The van der Waals surface area contributed by atoms with Crippen LogP contribution < -0.4 is 14.4 Å². The topological polar surface area (TPSA) is 105 Å². The van der Waals surface area contributed by atoms with Crippen molar-refractivity contribution in [2.24, 2.45) is 11.8 Å². The highest BCUT2D eigenvalue weighted by atomic mass is 35.5. The van der Waals surface area contributed by atoms with E-state index in [0.29, 0.717) is 23.9 Å². The van der Waals surface area contributed by atoms with E-state index in [2.05, 4.69) is 9.62 Å². The van der Waals surface area contributed by atoms with Crippen molar-refractivity contribution in [1.82, 2.24) is 4.72 Å². The van der Waals surface area contributed by atoms with Crippen molar-refractivity contribution in [1.29, 1.82) is 0 Å². The van der Waals surface area contributed by atoms with Crippen LogP contribution in [-0.2, 0) is 27.8 Å². The average molecular weight is 589 g/mol. The minimum absolute atomic E-state index is 0.0887. The fourth-order valence-corrected chi connectivity index (χ4v) is 7.07. The van der Waals surface area contributed by atoms with E-state index >= 15 is 0 Å². The van der Waals surface area contributed by atoms with Crippen LogP contribution in [0.2, 0.25) is 5.02 Å². The number of ether oxygens (including phenoxy) is 2. The van der Waals surface area contributed by atoms with Crippen molar-refractivity contribution >= 4 is 33.2 Å². The Hall–Kier alpha value is -2.59. The molecule has 1 saturated carbocycles. The van der Waals surface area contributed by atoms with Crippen molar-refractivity contribution in [3.8, 4) is 5.75 Å². The number of nitrogens with zero attached hydrogens (tertiary/aromatic N) is 1. The Morgan fingerprint density at radius 3 is 2.70 bits per heavy atom. The van der Waals surface area contributed by atoms with Crippen LogP contribution in [0.1, 0.15) is 53.6 Å². The second kappa shape index (κ2) is 12.5. The second-order valence-electron chi connectivity index (χ2n) is 11.0. The standard InChI is InChI=1S/C30H37ClN2O6S/c1-38-25-9-11-28(34)26-10-6-22(26)18-33-14-3-2-4-20-16-24(31)8-5-23(20)19-39-29-12-7-21(17-27(29)33)30(35)32-40(36,37)15-13-25/h5,7-9,11-12,16-17,22,25-26,28,34H,2-4,6,10,13-15,18-19H2,1H3,(H,32,35)/b11-9+/t22-,25+,26+,28?/m0/s1. The van der Waals surface area contributed by atoms with E-state index < -0.39 is 28.1 Å².